The van der Waals surface area contributed by atoms with Gasteiger partial charge >= 0.3 is 0 Å². The van der Waals surface area contributed by atoms with E-state index in [9.17, 15) is 0 Å². The van der Waals surface area contributed by atoms with Gasteiger partial charge in [0, 0.05) is 12.3 Å². The number of rotatable bonds is 5. The van der Waals surface area contributed by atoms with Gasteiger partial charge in [-0.3, -0.25) is 0 Å². The van der Waals surface area contributed by atoms with E-state index in [0.717, 1.165) is 12.8 Å². The Morgan fingerprint density at radius 1 is 1.17 bits per heavy atom. The van der Waals surface area contributed by atoms with Crippen molar-refractivity contribution in [1.29, 1.82) is 5.26 Å². The zero-order valence-corrected chi connectivity index (χ0v) is 10.0. The molecule has 0 N–H and O–H groups in total. The standard InChI is InChI=1S/C15H14N2O/c16-12-14-8-9-17-15(11-14)18-10-4-7-13-5-2-1-3-6-13/h1-3,5-6,8-9,11H,4,7,10H2. The first-order valence-corrected chi connectivity index (χ1v) is 5.91. The number of nitriles is 1. The molecule has 0 unspecified atom stereocenters. The van der Waals surface area contributed by atoms with Crippen LogP contribution in [-0.4, -0.2) is 11.6 Å². The van der Waals surface area contributed by atoms with Crippen LogP contribution in [0.15, 0.2) is 48.7 Å². The maximum Gasteiger partial charge on any atom is 0.214 e. The fourth-order valence-electron chi connectivity index (χ4n) is 1.66. The van der Waals surface area contributed by atoms with Gasteiger partial charge in [0.25, 0.3) is 0 Å². The van der Waals surface area contributed by atoms with Crippen molar-refractivity contribution < 1.29 is 4.74 Å². The smallest absolute Gasteiger partial charge is 0.214 e. The van der Waals surface area contributed by atoms with Gasteiger partial charge in [-0.1, -0.05) is 30.3 Å². The topological polar surface area (TPSA) is 45.9 Å². The molecule has 18 heavy (non-hydrogen) atoms. The van der Waals surface area contributed by atoms with Crippen molar-refractivity contribution in [2.24, 2.45) is 0 Å². The molecule has 0 amide bonds. The van der Waals surface area contributed by atoms with Crippen molar-refractivity contribution in [2.45, 2.75) is 12.8 Å². The van der Waals surface area contributed by atoms with Gasteiger partial charge in [0.1, 0.15) is 0 Å². The molecular weight excluding hydrogens is 224 g/mol. The molecule has 3 nitrogen and oxygen atoms in total. The van der Waals surface area contributed by atoms with E-state index < -0.39 is 0 Å². The SMILES string of the molecule is N#Cc1ccnc(OCCCc2ccccc2)c1. The minimum absolute atomic E-state index is 0.516. The third-order valence-corrected chi connectivity index (χ3v) is 2.57. The number of benzene rings is 1. The minimum atomic E-state index is 0.516. The third kappa shape index (κ3) is 3.60. The molecule has 0 saturated heterocycles. The molecule has 0 atom stereocenters. The summed E-state index contributed by atoms with van der Waals surface area (Å²) in [5.41, 5.74) is 1.88. The maximum atomic E-state index is 8.75. The van der Waals surface area contributed by atoms with Gasteiger partial charge in [0.05, 0.1) is 18.2 Å². The summed E-state index contributed by atoms with van der Waals surface area (Å²) in [6, 6.07) is 15.7. The molecule has 0 saturated carbocycles. The lowest BCUT2D eigenvalue weighted by Crippen LogP contribution is -2.00. The Labute approximate surface area is 107 Å². The molecule has 2 rings (SSSR count). The van der Waals surface area contributed by atoms with Crippen LogP contribution in [0.4, 0.5) is 0 Å². The van der Waals surface area contributed by atoms with E-state index in [4.69, 9.17) is 10.00 Å². The Morgan fingerprint density at radius 2 is 2.00 bits per heavy atom. The number of hydrogen-bond acceptors (Lipinski definition) is 3. The van der Waals surface area contributed by atoms with E-state index in [1.54, 1.807) is 18.3 Å². The third-order valence-electron chi connectivity index (χ3n) is 2.57. The maximum absolute atomic E-state index is 8.75. The molecule has 0 radical (unpaired) electrons. The van der Waals surface area contributed by atoms with Gasteiger partial charge in [-0.25, -0.2) is 4.98 Å². The number of ether oxygens (including phenoxy) is 1. The highest BCUT2D eigenvalue weighted by Gasteiger charge is 1.98. The first-order valence-electron chi connectivity index (χ1n) is 5.91. The lowest BCUT2D eigenvalue weighted by Gasteiger charge is -2.05. The number of aryl methyl sites for hydroxylation is 1. The first-order chi connectivity index (χ1) is 8.88. The van der Waals surface area contributed by atoms with E-state index >= 15 is 0 Å². The minimum Gasteiger partial charge on any atom is -0.478 e. The summed E-state index contributed by atoms with van der Waals surface area (Å²) in [5.74, 6) is 0.516. The van der Waals surface area contributed by atoms with E-state index in [0.29, 0.717) is 18.1 Å². The zero-order chi connectivity index (χ0) is 12.6. The molecule has 0 fully saturated rings. The molecule has 0 spiro atoms. The summed E-state index contributed by atoms with van der Waals surface area (Å²) in [6.45, 7) is 0.608. The number of pyridine rings is 1. The molecule has 1 aromatic carbocycles. The van der Waals surface area contributed by atoms with Crippen molar-refractivity contribution in [3.05, 3.63) is 59.8 Å². The van der Waals surface area contributed by atoms with E-state index in [1.807, 2.05) is 18.2 Å². The second-order valence-corrected chi connectivity index (χ2v) is 3.93. The fraction of sp³-hybridized carbons (Fsp3) is 0.200. The van der Waals surface area contributed by atoms with E-state index in [2.05, 4.69) is 23.2 Å². The summed E-state index contributed by atoms with van der Waals surface area (Å²) >= 11 is 0. The molecule has 3 heteroatoms. The van der Waals surface area contributed by atoms with Gasteiger partial charge in [0.15, 0.2) is 0 Å². The molecular formula is C15H14N2O. The van der Waals surface area contributed by atoms with Gasteiger partial charge < -0.3 is 4.74 Å². The van der Waals surface area contributed by atoms with Crippen LogP contribution in [-0.2, 0) is 6.42 Å². The molecule has 1 aromatic heterocycles. The Bertz CT molecular complexity index is 532. The molecule has 0 bridgehead atoms. The largest absolute Gasteiger partial charge is 0.478 e. The molecule has 0 aliphatic rings. The van der Waals surface area contributed by atoms with Gasteiger partial charge in [-0.2, -0.15) is 5.26 Å². The number of aromatic nitrogens is 1. The van der Waals surface area contributed by atoms with Crippen LogP contribution in [0.1, 0.15) is 17.5 Å². The summed E-state index contributed by atoms with van der Waals surface area (Å²) in [6.07, 6.45) is 3.51. The predicted octanol–water partition coefficient (Wildman–Crippen LogP) is 2.96. The normalized spacial score (nSPS) is 9.72. The first kappa shape index (κ1) is 12.1. The van der Waals surface area contributed by atoms with Crippen molar-refractivity contribution in [3.8, 4) is 11.9 Å². The summed E-state index contributed by atoms with van der Waals surface area (Å²) < 4.78 is 5.51. The monoisotopic (exact) mass is 238 g/mol. The van der Waals surface area contributed by atoms with Crippen molar-refractivity contribution in [3.63, 3.8) is 0 Å². The number of nitrogens with zero attached hydrogens (tertiary/aromatic N) is 2. The Kier molecular flexibility index (Phi) is 4.32. The Hall–Kier alpha value is -2.34. The van der Waals surface area contributed by atoms with Crippen molar-refractivity contribution in [2.75, 3.05) is 6.61 Å². The predicted molar refractivity (Wildman–Crippen MR) is 69.2 cm³/mol. The Balaban J connectivity index is 1.77. The highest BCUT2D eigenvalue weighted by atomic mass is 16.5. The highest BCUT2D eigenvalue weighted by molar-refractivity contribution is 5.31. The summed E-state index contributed by atoms with van der Waals surface area (Å²) in [4.78, 5) is 4.06. The van der Waals surface area contributed by atoms with E-state index in [-0.39, 0.29) is 0 Å². The van der Waals surface area contributed by atoms with Crippen molar-refractivity contribution >= 4 is 0 Å². The van der Waals surface area contributed by atoms with Crippen LogP contribution in [0.2, 0.25) is 0 Å². The Morgan fingerprint density at radius 3 is 2.78 bits per heavy atom. The quantitative estimate of drug-likeness (QED) is 0.752. The van der Waals surface area contributed by atoms with Crippen LogP contribution in [0.5, 0.6) is 5.88 Å². The van der Waals surface area contributed by atoms with Crippen LogP contribution < -0.4 is 4.74 Å². The lowest BCUT2D eigenvalue weighted by atomic mass is 10.1. The zero-order valence-electron chi connectivity index (χ0n) is 10.0. The van der Waals surface area contributed by atoms with E-state index in [1.165, 1.54) is 5.56 Å². The van der Waals surface area contributed by atoms with Gasteiger partial charge in [0.2, 0.25) is 5.88 Å². The lowest BCUT2D eigenvalue weighted by molar-refractivity contribution is 0.299. The van der Waals surface area contributed by atoms with Gasteiger partial charge in [-0.05, 0) is 24.5 Å². The van der Waals surface area contributed by atoms with Gasteiger partial charge in [-0.15, -0.1) is 0 Å². The molecule has 1 heterocycles. The molecule has 0 aliphatic heterocycles. The van der Waals surface area contributed by atoms with Crippen LogP contribution >= 0.6 is 0 Å². The summed E-state index contributed by atoms with van der Waals surface area (Å²) in [7, 11) is 0. The average molecular weight is 238 g/mol. The van der Waals surface area contributed by atoms with Crippen molar-refractivity contribution in [1.82, 2.24) is 4.98 Å². The average Bonchev–Trinajstić information content (AvgIpc) is 2.45. The fourth-order valence-corrected chi connectivity index (χ4v) is 1.66. The second-order valence-electron chi connectivity index (χ2n) is 3.93. The second kappa shape index (κ2) is 6.41. The molecule has 0 aliphatic carbocycles. The summed E-state index contributed by atoms with van der Waals surface area (Å²) in [5, 5.41) is 8.75. The molecule has 2 aromatic rings. The van der Waals surface area contributed by atoms with Crippen LogP contribution in [0.25, 0.3) is 0 Å². The number of hydrogen-bond donors (Lipinski definition) is 0. The highest BCUT2D eigenvalue weighted by Crippen LogP contribution is 2.09. The molecule has 90 valence electrons. The van der Waals surface area contributed by atoms with Crippen LogP contribution in [0, 0.1) is 11.3 Å². The van der Waals surface area contributed by atoms with Crippen LogP contribution in [0.3, 0.4) is 0 Å².